The van der Waals surface area contributed by atoms with E-state index in [0.717, 1.165) is 10.0 Å². The minimum atomic E-state index is -0.589. The lowest BCUT2D eigenvalue weighted by molar-refractivity contribution is 0.0290. The van der Waals surface area contributed by atoms with Crippen molar-refractivity contribution in [2.24, 2.45) is 0 Å². The summed E-state index contributed by atoms with van der Waals surface area (Å²) in [5.74, 6) is 1.14. The highest BCUT2D eigenvalue weighted by Crippen LogP contribution is 2.27. The van der Waals surface area contributed by atoms with E-state index in [1.54, 1.807) is 7.05 Å². The number of hydrogen-bond donors (Lipinski definition) is 2. The molecule has 25 heavy (non-hydrogen) atoms. The maximum Gasteiger partial charge on any atom is 0.416 e. The number of aliphatic hydroxyl groups is 1. The quantitative estimate of drug-likeness (QED) is 0.635. The van der Waals surface area contributed by atoms with Crippen molar-refractivity contribution in [2.45, 2.75) is 39.3 Å². The van der Waals surface area contributed by atoms with Gasteiger partial charge in [0.25, 0.3) is 0 Å². The van der Waals surface area contributed by atoms with Crippen molar-refractivity contribution in [2.75, 3.05) is 20.3 Å². The molecular formula is C18H27BrN2O4. The maximum atomic E-state index is 12.4. The van der Waals surface area contributed by atoms with E-state index >= 15 is 0 Å². The summed E-state index contributed by atoms with van der Waals surface area (Å²) in [7, 11) is 1.70. The molecule has 0 aliphatic heterocycles. The highest BCUT2D eigenvalue weighted by Gasteiger charge is 2.24. The van der Waals surface area contributed by atoms with E-state index in [2.05, 4.69) is 27.8 Å². The van der Waals surface area contributed by atoms with E-state index in [0.29, 0.717) is 31.1 Å². The molecule has 0 heterocycles. The van der Waals surface area contributed by atoms with Gasteiger partial charge in [-0.2, -0.15) is 0 Å². The van der Waals surface area contributed by atoms with Crippen LogP contribution in [-0.2, 0) is 11.3 Å². The van der Waals surface area contributed by atoms with Crippen LogP contribution in [-0.4, -0.2) is 42.0 Å². The Kier molecular flexibility index (Phi) is 8.25. The lowest BCUT2D eigenvalue weighted by Crippen LogP contribution is -2.38. The smallest absolute Gasteiger partial charge is 0.416 e. The summed E-state index contributed by atoms with van der Waals surface area (Å²) in [5.41, 5.74) is 0.303. The molecule has 140 valence electrons. The Balaban J connectivity index is 2.88. The van der Waals surface area contributed by atoms with E-state index in [-0.39, 0.29) is 6.61 Å². The molecule has 0 bridgehead atoms. The molecule has 6 nitrogen and oxygen atoms in total. The molecule has 0 spiro atoms. The average Bonchev–Trinajstić information content (AvgIpc) is 2.52. The first-order valence-electron chi connectivity index (χ1n) is 8.07. The second-order valence-corrected chi connectivity index (χ2v) is 7.31. The van der Waals surface area contributed by atoms with Crippen molar-refractivity contribution in [1.29, 1.82) is 0 Å². The summed E-state index contributed by atoms with van der Waals surface area (Å²) in [6.07, 6.45) is 0.106. The third kappa shape index (κ3) is 7.36. The zero-order chi connectivity index (χ0) is 19.0. The van der Waals surface area contributed by atoms with Crippen molar-refractivity contribution in [3.05, 3.63) is 40.6 Å². The van der Waals surface area contributed by atoms with E-state index in [4.69, 9.17) is 14.6 Å². The van der Waals surface area contributed by atoms with Gasteiger partial charge in [0.1, 0.15) is 17.2 Å². The second-order valence-electron chi connectivity index (χ2n) is 6.45. The lowest BCUT2D eigenvalue weighted by Gasteiger charge is -2.28. The van der Waals surface area contributed by atoms with Crippen LogP contribution in [0.1, 0.15) is 32.8 Å². The van der Waals surface area contributed by atoms with E-state index in [9.17, 15) is 4.79 Å². The topological polar surface area (TPSA) is 71.0 Å². The van der Waals surface area contributed by atoms with Gasteiger partial charge in [-0.1, -0.05) is 12.6 Å². The first-order chi connectivity index (χ1) is 11.7. The summed E-state index contributed by atoms with van der Waals surface area (Å²) in [6, 6.07) is 5.58. The van der Waals surface area contributed by atoms with Gasteiger partial charge in [-0.15, -0.1) is 0 Å². The van der Waals surface area contributed by atoms with Crippen molar-refractivity contribution in [3.8, 4) is 5.75 Å². The molecule has 1 aromatic carbocycles. The predicted molar refractivity (Wildman–Crippen MR) is 101 cm³/mol. The maximum absolute atomic E-state index is 12.4. The largest absolute Gasteiger partial charge is 0.492 e. The highest BCUT2D eigenvalue weighted by atomic mass is 79.9. The second kappa shape index (κ2) is 9.68. The minimum Gasteiger partial charge on any atom is -0.492 e. The monoisotopic (exact) mass is 414 g/mol. The fraction of sp³-hybridized carbons (Fsp3) is 0.500. The standard InChI is InChI=1S/C18H27BrN2O4/c1-13(20-5)21(17(23)25-18(2,3)4)12-14-7-8-16(15(19)11-14)24-10-6-9-22/h7-8,11,20,22H,1,6,9-10,12H2,2-5H3. The molecule has 0 radical (unpaired) electrons. The molecule has 0 saturated heterocycles. The van der Waals surface area contributed by atoms with Crippen LogP contribution >= 0.6 is 15.9 Å². The third-order valence-electron chi connectivity index (χ3n) is 3.13. The molecule has 0 aliphatic rings. The van der Waals surface area contributed by atoms with Crippen LogP contribution in [0.15, 0.2) is 35.1 Å². The van der Waals surface area contributed by atoms with Gasteiger partial charge in [0.2, 0.25) is 0 Å². The van der Waals surface area contributed by atoms with Crippen LogP contribution in [0.25, 0.3) is 0 Å². The number of aliphatic hydroxyl groups excluding tert-OH is 1. The number of hydrogen-bond acceptors (Lipinski definition) is 5. The Bertz CT molecular complexity index is 599. The number of rotatable bonds is 8. The number of carbonyl (C=O) groups is 1. The van der Waals surface area contributed by atoms with E-state index in [1.807, 2.05) is 39.0 Å². The van der Waals surface area contributed by atoms with E-state index in [1.165, 1.54) is 4.90 Å². The van der Waals surface area contributed by atoms with Gasteiger partial charge in [0.15, 0.2) is 0 Å². The van der Waals surface area contributed by atoms with Crippen LogP contribution < -0.4 is 10.1 Å². The first-order valence-corrected chi connectivity index (χ1v) is 8.86. The summed E-state index contributed by atoms with van der Waals surface area (Å²) in [6.45, 7) is 10.2. The zero-order valence-electron chi connectivity index (χ0n) is 15.3. The molecule has 0 saturated carbocycles. The molecule has 7 heteroatoms. The number of amides is 1. The lowest BCUT2D eigenvalue weighted by atomic mass is 10.2. The van der Waals surface area contributed by atoms with Gasteiger partial charge in [-0.25, -0.2) is 4.79 Å². The van der Waals surface area contributed by atoms with Crippen molar-refractivity contribution >= 4 is 22.0 Å². The van der Waals surface area contributed by atoms with Gasteiger partial charge in [0.05, 0.1) is 17.6 Å². The number of nitrogens with one attached hydrogen (secondary N) is 1. The van der Waals surface area contributed by atoms with Crippen LogP contribution in [0.2, 0.25) is 0 Å². The Morgan fingerprint density at radius 2 is 2.08 bits per heavy atom. The van der Waals surface area contributed by atoms with Crippen molar-refractivity contribution in [3.63, 3.8) is 0 Å². The van der Waals surface area contributed by atoms with Gasteiger partial charge < -0.3 is 19.9 Å². The Labute approximate surface area is 157 Å². The molecule has 0 fully saturated rings. The SMILES string of the molecule is C=C(NC)N(Cc1ccc(OCCCO)c(Br)c1)C(=O)OC(C)(C)C. The number of nitrogens with zero attached hydrogens (tertiary/aromatic N) is 1. The van der Waals surface area contributed by atoms with Crippen LogP contribution in [0.3, 0.4) is 0 Å². The molecule has 2 N–H and O–H groups in total. The molecule has 1 rings (SSSR count). The molecule has 1 amide bonds. The molecule has 0 aromatic heterocycles. The Morgan fingerprint density at radius 1 is 1.40 bits per heavy atom. The van der Waals surface area contributed by atoms with Gasteiger partial charge in [-0.05, 0) is 54.4 Å². The molecule has 0 unspecified atom stereocenters. The third-order valence-corrected chi connectivity index (χ3v) is 3.74. The highest BCUT2D eigenvalue weighted by molar-refractivity contribution is 9.10. The number of carbonyl (C=O) groups excluding carboxylic acids is 1. The fourth-order valence-electron chi connectivity index (χ4n) is 1.91. The van der Waals surface area contributed by atoms with Crippen LogP contribution in [0.5, 0.6) is 5.75 Å². The van der Waals surface area contributed by atoms with Crippen molar-refractivity contribution < 1.29 is 19.4 Å². The Hall–Kier alpha value is -1.73. The average molecular weight is 415 g/mol. The van der Waals surface area contributed by atoms with Gasteiger partial charge in [0, 0.05) is 20.1 Å². The predicted octanol–water partition coefficient (Wildman–Crippen LogP) is 3.64. The Morgan fingerprint density at radius 3 is 2.60 bits per heavy atom. The fourth-order valence-corrected chi connectivity index (χ4v) is 2.45. The first kappa shape index (κ1) is 21.3. The summed E-state index contributed by atoms with van der Waals surface area (Å²) >= 11 is 3.47. The van der Waals surface area contributed by atoms with E-state index < -0.39 is 11.7 Å². The number of halogens is 1. The molecule has 0 atom stereocenters. The molecular weight excluding hydrogens is 388 g/mol. The summed E-state index contributed by atoms with van der Waals surface area (Å²) in [5, 5.41) is 11.7. The molecule has 0 aliphatic carbocycles. The minimum absolute atomic E-state index is 0.0900. The summed E-state index contributed by atoms with van der Waals surface area (Å²) in [4.78, 5) is 13.9. The molecule has 1 aromatic rings. The van der Waals surface area contributed by atoms with Crippen LogP contribution in [0.4, 0.5) is 4.79 Å². The van der Waals surface area contributed by atoms with Gasteiger partial charge in [-0.3, -0.25) is 4.90 Å². The zero-order valence-corrected chi connectivity index (χ0v) is 16.9. The summed E-state index contributed by atoms with van der Waals surface area (Å²) < 4.78 is 11.8. The van der Waals surface area contributed by atoms with Crippen molar-refractivity contribution in [1.82, 2.24) is 10.2 Å². The normalized spacial score (nSPS) is 11.0. The van der Waals surface area contributed by atoms with Gasteiger partial charge >= 0.3 is 6.09 Å². The number of ether oxygens (including phenoxy) is 2. The number of benzene rings is 1. The van der Waals surface area contributed by atoms with Crippen LogP contribution in [0, 0.1) is 0 Å².